The Balaban J connectivity index is 3.56. The van der Waals surface area contributed by atoms with Crippen molar-refractivity contribution in [2.75, 3.05) is 0 Å². The SMILES string of the molecule is O=S(=O)(Cl)c1cnc(F)c(C(F)F)c1Br. The molecule has 1 aromatic heterocycles. The van der Waals surface area contributed by atoms with E-state index in [0.717, 1.165) is 0 Å². The normalized spacial score (nSPS) is 12.1. The lowest BCUT2D eigenvalue weighted by molar-refractivity contribution is 0.143. The first-order chi connectivity index (χ1) is 6.75. The van der Waals surface area contributed by atoms with Gasteiger partial charge in [-0.3, -0.25) is 0 Å². The molecular formula is C6H2BrClF3NO2S. The van der Waals surface area contributed by atoms with Gasteiger partial charge in [-0.1, -0.05) is 0 Å². The molecule has 0 bridgehead atoms. The van der Waals surface area contributed by atoms with E-state index in [4.69, 9.17) is 10.7 Å². The average Bonchev–Trinajstić information content (AvgIpc) is 2.00. The van der Waals surface area contributed by atoms with Crippen molar-refractivity contribution in [3.05, 3.63) is 22.2 Å². The fraction of sp³-hybridized carbons (Fsp3) is 0.167. The Morgan fingerprint density at radius 1 is 1.47 bits per heavy atom. The second-order valence-electron chi connectivity index (χ2n) is 2.38. The maximum Gasteiger partial charge on any atom is 0.269 e. The molecule has 0 aromatic carbocycles. The number of rotatable bonds is 2. The van der Waals surface area contributed by atoms with Crippen LogP contribution in [0.25, 0.3) is 0 Å². The predicted molar refractivity (Wildman–Crippen MR) is 49.9 cm³/mol. The molecule has 0 saturated heterocycles. The molecule has 0 fully saturated rings. The van der Waals surface area contributed by atoms with Gasteiger partial charge >= 0.3 is 0 Å². The fourth-order valence-electron chi connectivity index (χ4n) is 0.821. The molecule has 0 unspecified atom stereocenters. The zero-order valence-corrected chi connectivity index (χ0v) is 9.87. The molecule has 9 heteroatoms. The van der Waals surface area contributed by atoms with Gasteiger partial charge in [0.15, 0.2) is 0 Å². The first-order valence-corrected chi connectivity index (χ1v) is 6.42. The summed E-state index contributed by atoms with van der Waals surface area (Å²) in [5.74, 6) is -1.44. The van der Waals surface area contributed by atoms with Crippen molar-refractivity contribution in [2.24, 2.45) is 0 Å². The molecule has 0 saturated carbocycles. The van der Waals surface area contributed by atoms with Crippen LogP contribution in [0.3, 0.4) is 0 Å². The van der Waals surface area contributed by atoms with Crippen LogP contribution in [-0.4, -0.2) is 13.4 Å². The van der Waals surface area contributed by atoms with Gasteiger partial charge in [-0.25, -0.2) is 22.2 Å². The van der Waals surface area contributed by atoms with E-state index < -0.39 is 36.4 Å². The Labute approximate surface area is 95.8 Å². The van der Waals surface area contributed by atoms with Gasteiger partial charge in [0.2, 0.25) is 5.95 Å². The molecule has 84 valence electrons. The van der Waals surface area contributed by atoms with Crippen LogP contribution in [0.1, 0.15) is 12.0 Å². The van der Waals surface area contributed by atoms with Crippen molar-refractivity contribution in [3.8, 4) is 0 Å². The maximum absolute atomic E-state index is 12.8. The number of hydrogen-bond donors (Lipinski definition) is 0. The summed E-state index contributed by atoms with van der Waals surface area (Å²) in [5.41, 5.74) is -1.13. The molecular weight excluding hydrogens is 322 g/mol. The molecule has 15 heavy (non-hydrogen) atoms. The van der Waals surface area contributed by atoms with Crippen molar-refractivity contribution >= 4 is 35.7 Å². The monoisotopic (exact) mass is 323 g/mol. The number of nitrogens with zero attached hydrogens (tertiary/aromatic N) is 1. The molecule has 0 spiro atoms. The highest BCUT2D eigenvalue weighted by Gasteiger charge is 2.25. The predicted octanol–water partition coefficient (Wildman–Crippen LogP) is 2.85. The van der Waals surface area contributed by atoms with Crippen LogP contribution in [0.15, 0.2) is 15.6 Å². The second-order valence-corrected chi connectivity index (χ2v) is 5.71. The molecule has 0 radical (unpaired) electrons. The van der Waals surface area contributed by atoms with Gasteiger partial charge in [-0.05, 0) is 15.9 Å². The van der Waals surface area contributed by atoms with Gasteiger partial charge in [0.05, 0.1) is 16.2 Å². The molecule has 0 atom stereocenters. The Morgan fingerprint density at radius 3 is 2.40 bits per heavy atom. The lowest BCUT2D eigenvalue weighted by Gasteiger charge is -2.06. The topological polar surface area (TPSA) is 47.0 Å². The van der Waals surface area contributed by atoms with Crippen LogP contribution in [0, 0.1) is 5.95 Å². The van der Waals surface area contributed by atoms with Gasteiger partial charge in [-0.15, -0.1) is 0 Å². The van der Waals surface area contributed by atoms with Crippen molar-refractivity contribution in [1.29, 1.82) is 0 Å². The maximum atomic E-state index is 12.8. The van der Waals surface area contributed by atoms with E-state index in [-0.39, 0.29) is 0 Å². The second kappa shape index (κ2) is 4.26. The third kappa shape index (κ3) is 2.61. The van der Waals surface area contributed by atoms with E-state index in [1.165, 1.54) is 0 Å². The minimum atomic E-state index is -4.24. The van der Waals surface area contributed by atoms with E-state index >= 15 is 0 Å². The lowest BCUT2D eigenvalue weighted by atomic mass is 10.3. The third-order valence-corrected chi connectivity index (χ3v) is 3.90. The van der Waals surface area contributed by atoms with E-state index in [2.05, 4.69) is 20.9 Å². The summed E-state index contributed by atoms with van der Waals surface area (Å²) in [6, 6.07) is 0. The largest absolute Gasteiger partial charge is 0.269 e. The minimum absolute atomic E-state index is 0.563. The summed E-state index contributed by atoms with van der Waals surface area (Å²) in [6.45, 7) is 0. The molecule has 3 nitrogen and oxygen atoms in total. The number of alkyl halides is 2. The molecule has 0 aliphatic rings. The number of hydrogen-bond acceptors (Lipinski definition) is 3. The van der Waals surface area contributed by atoms with Crippen LogP contribution >= 0.6 is 26.6 Å². The summed E-state index contributed by atoms with van der Waals surface area (Å²) < 4.78 is 58.6. The van der Waals surface area contributed by atoms with Crippen LogP contribution in [0.2, 0.25) is 0 Å². The van der Waals surface area contributed by atoms with E-state index in [1.807, 2.05) is 0 Å². The highest BCUT2D eigenvalue weighted by molar-refractivity contribution is 9.10. The first kappa shape index (κ1) is 12.7. The van der Waals surface area contributed by atoms with Crippen LogP contribution in [-0.2, 0) is 9.05 Å². The minimum Gasteiger partial charge on any atom is -0.226 e. The number of halogens is 5. The Hall–Kier alpha value is -0.340. The van der Waals surface area contributed by atoms with Crippen LogP contribution < -0.4 is 0 Å². The van der Waals surface area contributed by atoms with Crippen molar-refractivity contribution < 1.29 is 21.6 Å². The average molecular weight is 325 g/mol. The molecule has 0 aliphatic heterocycles. The molecule has 0 N–H and O–H groups in total. The van der Waals surface area contributed by atoms with Gasteiger partial charge < -0.3 is 0 Å². The van der Waals surface area contributed by atoms with Crippen molar-refractivity contribution in [1.82, 2.24) is 4.98 Å². The summed E-state index contributed by atoms with van der Waals surface area (Å²) >= 11 is 2.54. The molecule has 0 amide bonds. The number of aromatic nitrogens is 1. The van der Waals surface area contributed by atoms with Crippen molar-refractivity contribution in [2.45, 2.75) is 11.3 Å². The van der Waals surface area contributed by atoms with Crippen molar-refractivity contribution in [3.63, 3.8) is 0 Å². The Morgan fingerprint density at radius 2 is 2.00 bits per heavy atom. The van der Waals surface area contributed by atoms with Crippen LogP contribution in [0.5, 0.6) is 0 Å². The summed E-state index contributed by atoms with van der Waals surface area (Å²) in [6.07, 6.45) is -2.63. The van der Waals surface area contributed by atoms with Gasteiger partial charge in [0, 0.05) is 10.7 Å². The standard InChI is InChI=1S/C6H2BrClF3NO2S/c7-4-2(15(8,13)14)1-12-6(11)3(4)5(9)10/h1,5H. The molecule has 0 aliphatic carbocycles. The summed E-state index contributed by atoms with van der Waals surface area (Å²) in [4.78, 5) is 2.19. The third-order valence-electron chi connectivity index (χ3n) is 1.45. The lowest BCUT2D eigenvalue weighted by Crippen LogP contribution is -2.02. The molecule has 1 heterocycles. The smallest absolute Gasteiger partial charge is 0.226 e. The molecule has 1 aromatic rings. The first-order valence-electron chi connectivity index (χ1n) is 3.32. The van der Waals surface area contributed by atoms with E-state index in [0.29, 0.717) is 6.20 Å². The highest BCUT2D eigenvalue weighted by Crippen LogP contribution is 2.34. The summed E-state index contributed by atoms with van der Waals surface area (Å²) in [7, 11) is 0.684. The Kier molecular flexibility index (Phi) is 3.62. The quantitative estimate of drug-likeness (QED) is 0.621. The number of pyridine rings is 1. The van der Waals surface area contributed by atoms with Gasteiger partial charge in [0.25, 0.3) is 15.5 Å². The summed E-state index contributed by atoms with van der Waals surface area (Å²) in [5, 5.41) is 0. The Bertz CT molecular complexity index is 493. The zero-order chi connectivity index (χ0) is 11.8. The van der Waals surface area contributed by atoms with Gasteiger partial charge in [0.1, 0.15) is 4.90 Å². The highest BCUT2D eigenvalue weighted by atomic mass is 79.9. The fourth-order valence-corrected chi connectivity index (χ4v) is 3.03. The van der Waals surface area contributed by atoms with Gasteiger partial charge in [-0.2, -0.15) is 4.39 Å². The van der Waals surface area contributed by atoms with E-state index in [9.17, 15) is 21.6 Å². The van der Waals surface area contributed by atoms with E-state index in [1.54, 1.807) is 0 Å². The molecule has 1 rings (SSSR count). The zero-order valence-electron chi connectivity index (χ0n) is 6.72. The van der Waals surface area contributed by atoms with Crippen LogP contribution in [0.4, 0.5) is 13.2 Å².